The van der Waals surface area contributed by atoms with Crippen molar-refractivity contribution in [3.63, 3.8) is 0 Å². The summed E-state index contributed by atoms with van der Waals surface area (Å²) in [6, 6.07) is 15.1. The van der Waals surface area contributed by atoms with Crippen LogP contribution < -0.4 is 14.0 Å². The molecule has 0 aliphatic carbocycles. The largest absolute Gasteiger partial charge is 0.864 e. The third kappa shape index (κ3) is 8.41. The van der Waals surface area contributed by atoms with E-state index in [0.717, 1.165) is 19.3 Å². The normalized spacial score (nSPS) is 10.7. The Balaban J connectivity index is 1.73. The van der Waals surface area contributed by atoms with Gasteiger partial charge in [-0.2, -0.15) is 0 Å². The number of aryl methyl sites for hydroxylation is 1. The minimum Gasteiger partial charge on any atom is -0.490 e. The topological polar surface area (TPSA) is 27.7 Å². The van der Waals surface area contributed by atoms with Crippen molar-refractivity contribution in [3.8, 4) is 17.2 Å². The van der Waals surface area contributed by atoms with Crippen molar-refractivity contribution in [3.05, 3.63) is 89.7 Å². The van der Waals surface area contributed by atoms with E-state index >= 15 is 0 Å². The van der Waals surface area contributed by atoms with Crippen LogP contribution in [0.25, 0.3) is 0 Å². The summed E-state index contributed by atoms with van der Waals surface area (Å²) in [5.74, 6) is -0.0813. The molecular formula is C26H28BF3O3. The van der Waals surface area contributed by atoms with Crippen LogP contribution in [0, 0.1) is 17.5 Å². The van der Waals surface area contributed by atoms with Gasteiger partial charge in [0.2, 0.25) is 0 Å². The van der Waals surface area contributed by atoms with Crippen molar-refractivity contribution < 1.29 is 27.1 Å². The van der Waals surface area contributed by atoms with Crippen LogP contribution in [-0.2, 0) is 6.42 Å². The van der Waals surface area contributed by atoms with Crippen molar-refractivity contribution >= 4 is 7.32 Å². The zero-order valence-electron chi connectivity index (χ0n) is 18.7. The van der Waals surface area contributed by atoms with Crippen molar-refractivity contribution in [2.75, 3.05) is 0 Å². The maximum atomic E-state index is 13.9. The molecule has 3 rings (SSSR count). The van der Waals surface area contributed by atoms with Gasteiger partial charge in [-0.15, -0.1) is 0 Å². The van der Waals surface area contributed by atoms with E-state index in [-0.39, 0.29) is 5.82 Å². The minimum atomic E-state index is -1.25. The number of rotatable bonds is 13. The lowest BCUT2D eigenvalue weighted by Gasteiger charge is -2.18. The Labute approximate surface area is 193 Å². The Morgan fingerprint density at radius 3 is 1.70 bits per heavy atom. The molecule has 7 heteroatoms. The van der Waals surface area contributed by atoms with Gasteiger partial charge >= 0.3 is 7.32 Å². The molecule has 0 radical (unpaired) electrons. The van der Waals surface area contributed by atoms with Gasteiger partial charge in [0.1, 0.15) is 34.7 Å². The third-order valence-electron chi connectivity index (χ3n) is 5.14. The van der Waals surface area contributed by atoms with Gasteiger partial charge in [0, 0.05) is 0 Å². The van der Waals surface area contributed by atoms with Gasteiger partial charge in [0.15, 0.2) is 0 Å². The summed E-state index contributed by atoms with van der Waals surface area (Å²) in [6.45, 7) is 2.18. The molecule has 0 N–H and O–H groups in total. The Kier molecular flexibility index (Phi) is 9.54. The van der Waals surface area contributed by atoms with E-state index in [9.17, 15) is 13.2 Å². The summed E-state index contributed by atoms with van der Waals surface area (Å²) in [6.07, 6.45) is 7.36. The fourth-order valence-corrected chi connectivity index (χ4v) is 3.38. The predicted molar refractivity (Wildman–Crippen MR) is 124 cm³/mol. The van der Waals surface area contributed by atoms with Crippen LogP contribution in [0.15, 0.2) is 66.7 Å². The van der Waals surface area contributed by atoms with Gasteiger partial charge in [-0.3, -0.25) is 0 Å². The second-order valence-corrected chi connectivity index (χ2v) is 7.82. The molecule has 0 saturated heterocycles. The summed E-state index contributed by atoms with van der Waals surface area (Å²) in [7, 11) is -1.25. The molecule has 0 unspecified atom stereocenters. The van der Waals surface area contributed by atoms with Crippen LogP contribution in [0.4, 0.5) is 13.2 Å². The zero-order valence-corrected chi connectivity index (χ0v) is 18.7. The summed E-state index contributed by atoms with van der Waals surface area (Å²) < 4.78 is 58.0. The maximum absolute atomic E-state index is 13.9. The molecule has 0 amide bonds. The molecule has 0 atom stereocenters. The summed E-state index contributed by atoms with van der Waals surface area (Å²) in [5, 5.41) is 0. The average Bonchev–Trinajstić information content (AvgIpc) is 2.81. The summed E-state index contributed by atoms with van der Waals surface area (Å²) >= 11 is 0. The van der Waals surface area contributed by atoms with Crippen molar-refractivity contribution in [2.45, 2.75) is 51.9 Å². The molecular weight excluding hydrogens is 428 g/mol. The van der Waals surface area contributed by atoms with Gasteiger partial charge in [-0.05, 0) is 85.1 Å². The highest BCUT2D eigenvalue weighted by atomic mass is 19.1. The van der Waals surface area contributed by atoms with Gasteiger partial charge in [0.25, 0.3) is 0 Å². The van der Waals surface area contributed by atoms with E-state index < -0.39 is 19.0 Å². The highest BCUT2D eigenvalue weighted by molar-refractivity contribution is 6.39. The monoisotopic (exact) mass is 456 g/mol. The predicted octanol–water partition coefficient (Wildman–Crippen LogP) is 7.53. The molecule has 0 aliphatic rings. The standard InChI is InChI=1S/C26H28BF3O3/c1-2-3-4-5-6-7-8-20-19-23(30)13-18-26(20)33-27(31-24-14-9-21(28)10-15-24)32-25-16-11-22(29)12-17-25/h9-19H,2-8H2,1H3. The highest BCUT2D eigenvalue weighted by Gasteiger charge is 2.31. The number of unbranched alkanes of at least 4 members (excludes halogenated alkanes) is 5. The van der Waals surface area contributed by atoms with Gasteiger partial charge < -0.3 is 14.0 Å². The van der Waals surface area contributed by atoms with E-state index in [1.807, 2.05) is 0 Å². The Morgan fingerprint density at radius 1 is 0.606 bits per heavy atom. The Bertz CT molecular complexity index is 934. The van der Waals surface area contributed by atoms with Crippen LogP contribution in [0.5, 0.6) is 17.2 Å². The lowest BCUT2D eigenvalue weighted by atomic mass is 10.0. The maximum Gasteiger partial charge on any atom is 0.864 e. The van der Waals surface area contributed by atoms with Gasteiger partial charge in [-0.25, -0.2) is 13.2 Å². The number of hydrogen-bond donors (Lipinski definition) is 0. The summed E-state index contributed by atoms with van der Waals surface area (Å²) in [5.41, 5.74) is 0.709. The SMILES string of the molecule is CCCCCCCCc1cc(F)ccc1OB(Oc1ccc(F)cc1)Oc1ccc(F)cc1. The lowest BCUT2D eigenvalue weighted by molar-refractivity contribution is 0.305. The molecule has 174 valence electrons. The first-order chi connectivity index (χ1) is 16.0. The molecule has 0 fully saturated rings. The van der Waals surface area contributed by atoms with Crippen molar-refractivity contribution in [1.29, 1.82) is 0 Å². The molecule has 33 heavy (non-hydrogen) atoms. The third-order valence-corrected chi connectivity index (χ3v) is 5.14. The Hall–Kier alpha value is -3.09. The molecule has 0 aliphatic heterocycles. The fraction of sp³-hybridized carbons (Fsp3) is 0.308. The van der Waals surface area contributed by atoms with E-state index in [1.54, 1.807) is 0 Å². The van der Waals surface area contributed by atoms with Crippen molar-refractivity contribution in [2.24, 2.45) is 0 Å². The fourth-order valence-electron chi connectivity index (χ4n) is 3.38. The lowest BCUT2D eigenvalue weighted by Crippen LogP contribution is -2.37. The van der Waals surface area contributed by atoms with Crippen LogP contribution >= 0.6 is 0 Å². The molecule has 0 spiro atoms. The molecule has 0 bridgehead atoms. The molecule has 3 nitrogen and oxygen atoms in total. The first-order valence-corrected chi connectivity index (χ1v) is 11.3. The van der Waals surface area contributed by atoms with Crippen LogP contribution in [-0.4, -0.2) is 7.32 Å². The second kappa shape index (κ2) is 12.8. The first kappa shape index (κ1) is 24.6. The van der Waals surface area contributed by atoms with Crippen molar-refractivity contribution in [1.82, 2.24) is 0 Å². The van der Waals surface area contributed by atoms with Crippen LogP contribution in [0.3, 0.4) is 0 Å². The van der Waals surface area contributed by atoms with Gasteiger partial charge in [-0.1, -0.05) is 39.0 Å². The number of hydrogen-bond acceptors (Lipinski definition) is 3. The quantitative estimate of drug-likeness (QED) is 0.197. The molecule has 0 heterocycles. The van der Waals surface area contributed by atoms with E-state index in [0.29, 0.717) is 29.2 Å². The molecule has 3 aromatic rings. The highest BCUT2D eigenvalue weighted by Crippen LogP contribution is 2.25. The zero-order chi connectivity index (χ0) is 23.5. The average molecular weight is 456 g/mol. The first-order valence-electron chi connectivity index (χ1n) is 11.3. The van der Waals surface area contributed by atoms with E-state index in [2.05, 4.69) is 6.92 Å². The Morgan fingerprint density at radius 2 is 1.12 bits per heavy atom. The number of halogens is 3. The minimum absolute atomic E-state index is 0.322. The van der Waals surface area contributed by atoms with E-state index in [4.69, 9.17) is 14.0 Å². The summed E-state index contributed by atoms with van der Waals surface area (Å²) in [4.78, 5) is 0. The van der Waals surface area contributed by atoms with E-state index in [1.165, 1.54) is 86.0 Å². The van der Waals surface area contributed by atoms with Crippen LogP contribution in [0.1, 0.15) is 51.0 Å². The molecule has 3 aromatic carbocycles. The molecule has 0 aromatic heterocycles. The number of benzene rings is 3. The smallest absolute Gasteiger partial charge is 0.490 e. The van der Waals surface area contributed by atoms with Gasteiger partial charge in [0.05, 0.1) is 0 Å². The van der Waals surface area contributed by atoms with Crippen LogP contribution in [0.2, 0.25) is 0 Å². The second-order valence-electron chi connectivity index (χ2n) is 7.82. The molecule has 0 saturated carbocycles.